The summed E-state index contributed by atoms with van der Waals surface area (Å²) in [6.07, 6.45) is 1.07. The van der Waals surface area contributed by atoms with Crippen LogP contribution >= 0.6 is 15.9 Å². The van der Waals surface area contributed by atoms with Crippen molar-refractivity contribution in [3.63, 3.8) is 0 Å². The first-order valence-electron chi connectivity index (χ1n) is 8.93. The Morgan fingerprint density at radius 2 is 1.67 bits per heavy atom. The molecule has 1 N–H and O–H groups in total. The van der Waals surface area contributed by atoms with Crippen molar-refractivity contribution in [3.8, 4) is 0 Å². The number of hydrogen-bond acceptors (Lipinski definition) is 3. The van der Waals surface area contributed by atoms with E-state index in [0.717, 1.165) is 21.3 Å². The van der Waals surface area contributed by atoms with E-state index in [0.29, 0.717) is 25.9 Å². The molecule has 1 heterocycles. The van der Waals surface area contributed by atoms with Gasteiger partial charge >= 0.3 is 0 Å². The number of benzene rings is 2. The molecule has 5 nitrogen and oxygen atoms in total. The molecule has 2 aromatic rings. The molecule has 7 heteroatoms. The molecular weight excluding hydrogens is 428 g/mol. The number of rotatable bonds is 5. The third kappa shape index (κ3) is 5.40. The number of nitrogens with one attached hydrogen (secondary N) is 1. The number of halogens is 1. The SMILES string of the molecule is Cc1ccc(CS(=O)(=O)N2CCC(C(=O)Nc3ccc(Br)cc3)CC2)cc1. The van der Waals surface area contributed by atoms with Gasteiger partial charge in [0.15, 0.2) is 0 Å². The van der Waals surface area contributed by atoms with Crippen molar-refractivity contribution in [1.29, 1.82) is 0 Å². The monoisotopic (exact) mass is 450 g/mol. The minimum Gasteiger partial charge on any atom is -0.326 e. The molecule has 0 unspecified atom stereocenters. The molecule has 3 rings (SSSR count). The van der Waals surface area contributed by atoms with Gasteiger partial charge in [0.2, 0.25) is 15.9 Å². The molecule has 0 radical (unpaired) electrons. The molecule has 1 amide bonds. The van der Waals surface area contributed by atoms with Gasteiger partial charge in [-0.3, -0.25) is 4.79 Å². The van der Waals surface area contributed by atoms with E-state index in [2.05, 4.69) is 21.2 Å². The first kappa shape index (κ1) is 20.0. The van der Waals surface area contributed by atoms with Gasteiger partial charge in [0.25, 0.3) is 0 Å². The van der Waals surface area contributed by atoms with Gasteiger partial charge in [-0.25, -0.2) is 12.7 Å². The van der Waals surface area contributed by atoms with Crippen molar-refractivity contribution in [3.05, 3.63) is 64.1 Å². The van der Waals surface area contributed by atoms with E-state index in [1.807, 2.05) is 55.5 Å². The highest BCUT2D eigenvalue weighted by molar-refractivity contribution is 9.10. The van der Waals surface area contributed by atoms with Crippen LogP contribution in [0.15, 0.2) is 53.0 Å². The Labute approximate surface area is 169 Å². The first-order chi connectivity index (χ1) is 12.8. The van der Waals surface area contributed by atoms with Gasteiger partial charge in [-0.1, -0.05) is 45.8 Å². The standard InChI is InChI=1S/C20H23BrN2O3S/c1-15-2-4-16(5-3-15)14-27(25,26)23-12-10-17(11-13-23)20(24)22-19-8-6-18(21)7-9-19/h2-9,17H,10-14H2,1H3,(H,22,24). The maximum Gasteiger partial charge on any atom is 0.227 e. The maximum atomic E-state index is 12.7. The minimum absolute atomic E-state index is 0.00301. The van der Waals surface area contributed by atoms with Crippen LogP contribution in [0, 0.1) is 12.8 Å². The van der Waals surface area contributed by atoms with Crippen LogP contribution in [0.3, 0.4) is 0 Å². The second-order valence-corrected chi connectivity index (χ2v) is 9.80. The number of sulfonamides is 1. The highest BCUT2D eigenvalue weighted by Gasteiger charge is 2.31. The normalized spacial score (nSPS) is 16.2. The number of carbonyl (C=O) groups excluding carboxylic acids is 1. The molecule has 0 saturated carbocycles. The van der Waals surface area contributed by atoms with E-state index in [9.17, 15) is 13.2 Å². The average Bonchev–Trinajstić information content (AvgIpc) is 2.65. The molecule has 27 heavy (non-hydrogen) atoms. The van der Waals surface area contributed by atoms with Gasteiger partial charge in [0.1, 0.15) is 0 Å². The summed E-state index contributed by atoms with van der Waals surface area (Å²) < 4.78 is 27.8. The van der Waals surface area contributed by atoms with Gasteiger partial charge in [-0.2, -0.15) is 0 Å². The Hall–Kier alpha value is -1.70. The Bertz CT molecular complexity index is 888. The van der Waals surface area contributed by atoms with E-state index in [1.54, 1.807) is 0 Å². The Morgan fingerprint density at radius 3 is 2.26 bits per heavy atom. The molecule has 0 aliphatic carbocycles. The van der Waals surface area contributed by atoms with Crippen LogP contribution in [0.5, 0.6) is 0 Å². The molecular formula is C20H23BrN2O3S. The molecule has 0 bridgehead atoms. The zero-order valence-corrected chi connectivity index (χ0v) is 17.6. The molecule has 144 valence electrons. The number of piperidine rings is 1. The number of carbonyl (C=O) groups is 1. The van der Waals surface area contributed by atoms with Gasteiger partial charge in [-0.15, -0.1) is 0 Å². The summed E-state index contributed by atoms with van der Waals surface area (Å²) in [5.74, 6) is -0.212. The van der Waals surface area contributed by atoms with Crippen molar-refractivity contribution >= 4 is 37.5 Å². The Kier molecular flexibility index (Phi) is 6.34. The number of amides is 1. The van der Waals surface area contributed by atoms with E-state index in [1.165, 1.54) is 4.31 Å². The maximum absolute atomic E-state index is 12.7. The largest absolute Gasteiger partial charge is 0.326 e. The van der Waals surface area contributed by atoms with Crippen LogP contribution in [-0.4, -0.2) is 31.7 Å². The molecule has 2 aromatic carbocycles. The summed E-state index contributed by atoms with van der Waals surface area (Å²) in [5.41, 5.74) is 2.64. The van der Waals surface area contributed by atoms with Gasteiger partial charge in [0, 0.05) is 29.2 Å². The zero-order chi connectivity index (χ0) is 19.4. The van der Waals surface area contributed by atoms with Gasteiger partial charge < -0.3 is 5.32 Å². The Morgan fingerprint density at radius 1 is 1.07 bits per heavy atom. The fourth-order valence-corrected chi connectivity index (χ4v) is 4.99. The van der Waals surface area contributed by atoms with Crippen LogP contribution < -0.4 is 5.32 Å². The predicted molar refractivity (Wildman–Crippen MR) is 111 cm³/mol. The molecule has 0 spiro atoms. The molecule has 1 aliphatic heterocycles. The van der Waals surface area contributed by atoms with Crippen LogP contribution in [-0.2, 0) is 20.6 Å². The summed E-state index contributed by atoms with van der Waals surface area (Å²) in [6.45, 7) is 2.74. The molecule has 1 fully saturated rings. The lowest BCUT2D eigenvalue weighted by molar-refractivity contribution is -0.120. The quantitative estimate of drug-likeness (QED) is 0.749. The zero-order valence-electron chi connectivity index (χ0n) is 15.2. The van der Waals surface area contributed by atoms with E-state index >= 15 is 0 Å². The number of nitrogens with zero attached hydrogens (tertiary/aromatic N) is 1. The van der Waals surface area contributed by atoms with E-state index in [4.69, 9.17) is 0 Å². The lowest BCUT2D eigenvalue weighted by Gasteiger charge is -2.30. The van der Waals surface area contributed by atoms with Crippen molar-refractivity contribution < 1.29 is 13.2 Å². The molecule has 0 atom stereocenters. The lowest BCUT2D eigenvalue weighted by Crippen LogP contribution is -2.41. The number of aryl methyl sites for hydroxylation is 1. The smallest absolute Gasteiger partial charge is 0.227 e. The summed E-state index contributed by atoms with van der Waals surface area (Å²) in [5, 5.41) is 2.91. The van der Waals surface area contributed by atoms with Crippen molar-refractivity contribution in [1.82, 2.24) is 4.31 Å². The summed E-state index contributed by atoms with van der Waals surface area (Å²) in [7, 11) is -3.37. The second-order valence-electron chi connectivity index (χ2n) is 6.91. The summed E-state index contributed by atoms with van der Waals surface area (Å²) in [4.78, 5) is 12.4. The lowest BCUT2D eigenvalue weighted by atomic mass is 9.97. The van der Waals surface area contributed by atoms with Crippen molar-refractivity contribution in [2.45, 2.75) is 25.5 Å². The minimum atomic E-state index is -3.37. The fourth-order valence-electron chi connectivity index (χ4n) is 3.16. The third-order valence-corrected chi connectivity index (χ3v) is 7.18. The highest BCUT2D eigenvalue weighted by atomic mass is 79.9. The predicted octanol–water partition coefficient (Wildman–Crippen LogP) is 3.94. The van der Waals surface area contributed by atoms with E-state index in [-0.39, 0.29) is 17.6 Å². The summed E-state index contributed by atoms with van der Waals surface area (Å²) in [6, 6.07) is 15.0. The average molecular weight is 451 g/mol. The van der Waals surface area contributed by atoms with Crippen molar-refractivity contribution in [2.75, 3.05) is 18.4 Å². The number of hydrogen-bond donors (Lipinski definition) is 1. The second kappa shape index (κ2) is 8.54. The Balaban J connectivity index is 1.55. The van der Waals surface area contributed by atoms with Crippen LogP contribution in [0.4, 0.5) is 5.69 Å². The van der Waals surface area contributed by atoms with Crippen LogP contribution in [0.25, 0.3) is 0 Å². The van der Waals surface area contributed by atoms with Gasteiger partial charge in [-0.05, 0) is 49.6 Å². The number of anilines is 1. The van der Waals surface area contributed by atoms with Crippen LogP contribution in [0.1, 0.15) is 24.0 Å². The molecule has 1 saturated heterocycles. The molecule has 1 aliphatic rings. The van der Waals surface area contributed by atoms with Crippen molar-refractivity contribution in [2.24, 2.45) is 5.92 Å². The third-order valence-electron chi connectivity index (χ3n) is 4.80. The summed E-state index contributed by atoms with van der Waals surface area (Å²) >= 11 is 3.37. The highest BCUT2D eigenvalue weighted by Crippen LogP contribution is 2.23. The first-order valence-corrected chi connectivity index (χ1v) is 11.3. The van der Waals surface area contributed by atoms with E-state index < -0.39 is 10.0 Å². The van der Waals surface area contributed by atoms with Crippen LogP contribution in [0.2, 0.25) is 0 Å². The molecule has 0 aromatic heterocycles. The fraction of sp³-hybridized carbons (Fsp3) is 0.350. The van der Waals surface area contributed by atoms with Gasteiger partial charge in [0.05, 0.1) is 5.75 Å². The topological polar surface area (TPSA) is 66.5 Å².